The molecule has 0 aliphatic carbocycles. The fraction of sp³-hybridized carbons (Fsp3) is 0.179. The second-order valence-corrected chi connectivity index (χ2v) is 10.4. The van der Waals surface area contributed by atoms with Crippen molar-refractivity contribution in [3.63, 3.8) is 0 Å². The van der Waals surface area contributed by atoms with Crippen LogP contribution in [0.5, 0.6) is 0 Å². The first-order valence-corrected chi connectivity index (χ1v) is 13.6. The summed E-state index contributed by atoms with van der Waals surface area (Å²) in [5, 5.41) is 6.40. The van der Waals surface area contributed by atoms with Gasteiger partial charge in [-0.1, -0.05) is 36.7 Å². The van der Waals surface area contributed by atoms with Gasteiger partial charge < -0.3 is 15.2 Å². The highest BCUT2D eigenvalue weighted by Crippen LogP contribution is 2.36. The van der Waals surface area contributed by atoms with E-state index in [1.807, 2.05) is 12.1 Å². The lowest BCUT2D eigenvalue weighted by atomic mass is 9.96. The molecule has 2 aromatic carbocycles. The van der Waals surface area contributed by atoms with Gasteiger partial charge in [-0.25, -0.2) is 19.3 Å². The van der Waals surface area contributed by atoms with Crippen LogP contribution in [0.1, 0.15) is 58.0 Å². The van der Waals surface area contributed by atoms with Crippen LogP contribution in [0.4, 0.5) is 10.2 Å². The molecule has 0 saturated heterocycles. The van der Waals surface area contributed by atoms with Crippen LogP contribution in [0.15, 0.2) is 60.9 Å². The first-order valence-electron chi connectivity index (χ1n) is 12.5. The number of imidazole rings is 1. The van der Waals surface area contributed by atoms with Crippen molar-refractivity contribution in [2.75, 3.05) is 5.32 Å². The Morgan fingerprint density at radius 3 is 2.59 bits per heavy atom. The third-order valence-corrected chi connectivity index (χ3v) is 7.45. The molecule has 0 unspecified atom stereocenters. The number of hydrogen-bond acceptors (Lipinski definition) is 8. The van der Waals surface area contributed by atoms with E-state index in [0.29, 0.717) is 22.5 Å². The molecule has 208 valence electrons. The second kappa shape index (κ2) is 11.9. The first kappa shape index (κ1) is 28.0. The molecule has 2 amide bonds. The fourth-order valence-electron chi connectivity index (χ4n) is 4.42. The number of carbonyl (C=O) groups excluding carboxylic acids is 3. The summed E-state index contributed by atoms with van der Waals surface area (Å²) in [6.45, 7) is 2.85. The Morgan fingerprint density at radius 2 is 1.83 bits per heavy atom. The quantitative estimate of drug-likeness (QED) is 0.247. The molecule has 5 rings (SSSR count). The van der Waals surface area contributed by atoms with E-state index in [0.717, 1.165) is 4.70 Å². The van der Waals surface area contributed by atoms with Gasteiger partial charge in [0.15, 0.2) is 5.82 Å². The van der Waals surface area contributed by atoms with Crippen molar-refractivity contribution in [1.29, 1.82) is 0 Å². The van der Waals surface area contributed by atoms with Gasteiger partial charge >= 0.3 is 0 Å². The molecule has 1 atom stereocenters. The first-order chi connectivity index (χ1) is 19.7. The summed E-state index contributed by atoms with van der Waals surface area (Å²) >= 11 is 7.61. The van der Waals surface area contributed by atoms with E-state index in [1.165, 1.54) is 41.2 Å². The smallest absolute Gasteiger partial charge is 0.287 e. The SMILES string of the molecule is CC(=O)Cn1c(C(=O)NCc2ncccn2)nc(NC(=O)c2nsc3ccccc23)c1[C@@H](C)c1cc(F)ccc1Cl. The van der Waals surface area contributed by atoms with Crippen LogP contribution < -0.4 is 10.6 Å². The Kier molecular flexibility index (Phi) is 8.13. The molecular weight excluding hydrogens is 569 g/mol. The number of carbonyl (C=O) groups is 3. The van der Waals surface area contributed by atoms with Crippen molar-refractivity contribution >= 4 is 56.6 Å². The molecule has 0 bridgehead atoms. The minimum atomic E-state index is -0.688. The molecule has 0 aliphatic rings. The minimum Gasteiger partial charge on any atom is -0.342 e. The molecule has 0 aliphatic heterocycles. The Balaban J connectivity index is 1.60. The number of anilines is 1. The summed E-state index contributed by atoms with van der Waals surface area (Å²) in [6.07, 6.45) is 3.09. The van der Waals surface area contributed by atoms with Crippen LogP contribution in [0.25, 0.3) is 10.1 Å². The maximum Gasteiger partial charge on any atom is 0.287 e. The molecule has 3 heterocycles. The topological polar surface area (TPSA) is 132 Å². The molecule has 3 aromatic heterocycles. The number of aromatic nitrogens is 5. The monoisotopic (exact) mass is 591 g/mol. The van der Waals surface area contributed by atoms with Crippen LogP contribution in [0.3, 0.4) is 0 Å². The third-order valence-electron chi connectivity index (χ3n) is 6.28. The van der Waals surface area contributed by atoms with Crippen molar-refractivity contribution < 1.29 is 18.8 Å². The van der Waals surface area contributed by atoms with E-state index >= 15 is 0 Å². The number of Topliss-reactive ketones (excluding diaryl/α,β-unsaturated/α-hetero) is 1. The number of amides is 2. The standard InChI is InChI=1S/C28H23ClFN7O3S/c1-15(38)14-37-24(16(2)19-12-17(30)8-9-20(19)29)25(34-26(37)28(40)33-13-22-31-10-5-11-32-22)35-27(39)23-18-6-3-4-7-21(18)41-36-23/h3-12,16H,13-14H2,1-2H3,(H,33,40)(H,35,39)/t16-/m0/s1. The van der Waals surface area contributed by atoms with E-state index in [2.05, 4.69) is 30.0 Å². The number of fused-ring (bicyclic) bond motifs is 1. The number of halogens is 2. The average molecular weight is 592 g/mol. The highest BCUT2D eigenvalue weighted by atomic mass is 35.5. The van der Waals surface area contributed by atoms with Crippen molar-refractivity contribution in [1.82, 2.24) is 29.2 Å². The van der Waals surface area contributed by atoms with Gasteiger partial charge in [-0.05, 0) is 54.4 Å². The summed E-state index contributed by atoms with van der Waals surface area (Å²) in [4.78, 5) is 51.9. The molecule has 41 heavy (non-hydrogen) atoms. The van der Waals surface area contributed by atoms with Crippen molar-refractivity contribution in [3.8, 4) is 0 Å². The van der Waals surface area contributed by atoms with Gasteiger partial charge in [-0.3, -0.25) is 14.4 Å². The van der Waals surface area contributed by atoms with Gasteiger partial charge in [0.1, 0.15) is 23.1 Å². The minimum absolute atomic E-state index is 0.000276. The van der Waals surface area contributed by atoms with Crippen LogP contribution >= 0.6 is 23.1 Å². The predicted molar refractivity (Wildman–Crippen MR) is 153 cm³/mol. The van der Waals surface area contributed by atoms with E-state index in [4.69, 9.17) is 11.6 Å². The molecule has 5 aromatic rings. The lowest BCUT2D eigenvalue weighted by Crippen LogP contribution is -2.28. The zero-order chi connectivity index (χ0) is 29.1. The number of rotatable bonds is 9. The van der Waals surface area contributed by atoms with E-state index in [-0.39, 0.29) is 41.2 Å². The Hall–Kier alpha value is -4.55. The third kappa shape index (κ3) is 5.98. The van der Waals surface area contributed by atoms with E-state index < -0.39 is 23.5 Å². The van der Waals surface area contributed by atoms with E-state index in [1.54, 1.807) is 37.5 Å². The van der Waals surface area contributed by atoms with Gasteiger partial charge in [-0.15, -0.1) is 0 Å². The number of nitrogens with one attached hydrogen (secondary N) is 2. The number of hydrogen-bond donors (Lipinski definition) is 2. The predicted octanol–water partition coefficient (Wildman–Crippen LogP) is 5.00. The molecule has 0 spiro atoms. The average Bonchev–Trinajstić information content (AvgIpc) is 3.54. The Morgan fingerprint density at radius 1 is 1.07 bits per heavy atom. The largest absolute Gasteiger partial charge is 0.342 e. The molecule has 13 heteroatoms. The van der Waals surface area contributed by atoms with Gasteiger partial charge in [0, 0.05) is 28.7 Å². The lowest BCUT2D eigenvalue weighted by Gasteiger charge is -2.19. The zero-order valence-corrected chi connectivity index (χ0v) is 23.5. The van der Waals surface area contributed by atoms with E-state index in [9.17, 15) is 18.8 Å². The zero-order valence-electron chi connectivity index (χ0n) is 21.9. The Bertz CT molecular complexity index is 1770. The van der Waals surface area contributed by atoms with Gasteiger partial charge in [0.2, 0.25) is 5.82 Å². The summed E-state index contributed by atoms with van der Waals surface area (Å²) in [6, 6.07) is 12.8. The van der Waals surface area contributed by atoms with Gasteiger partial charge in [0.25, 0.3) is 11.8 Å². The second-order valence-electron chi connectivity index (χ2n) is 9.17. The molecule has 10 nitrogen and oxygen atoms in total. The summed E-state index contributed by atoms with van der Waals surface area (Å²) in [7, 11) is 0. The molecule has 0 fully saturated rings. The summed E-state index contributed by atoms with van der Waals surface area (Å²) in [5.41, 5.74) is 0.860. The van der Waals surface area contributed by atoms with Crippen LogP contribution in [-0.2, 0) is 17.9 Å². The highest BCUT2D eigenvalue weighted by molar-refractivity contribution is 7.13. The maximum absolute atomic E-state index is 14.3. The highest BCUT2D eigenvalue weighted by Gasteiger charge is 2.30. The summed E-state index contributed by atoms with van der Waals surface area (Å²) in [5.74, 6) is -2.41. The maximum atomic E-state index is 14.3. The molecule has 2 N–H and O–H groups in total. The molecule has 0 saturated carbocycles. The van der Waals surface area contributed by atoms with Gasteiger partial charge in [-0.2, -0.15) is 4.37 Å². The van der Waals surface area contributed by atoms with Crippen molar-refractivity contribution in [3.05, 3.63) is 100 Å². The van der Waals surface area contributed by atoms with Crippen LogP contribution in [-0.4, -0.2) is 41.5 Å². The van der Waals surface area contributed by atoms with Crippen molar-refractivity contribution in [2.24, 2.45) is 0 Å². The van der Waals surface area contributed by atoms with Crippen LogP contribution in [0.2, 0.25) is 5.02 Å². The lowest BCUT2D eigenvalue weighted by molar-refractivity contribution is -0.117. The summed E-state index contributed by atoms with van der Waals surface area (Å²) < 4.78 is 20.8. The number of benzene rings is 2. The van der Waals surface area contributed by atoms with Crippen LogP contribution in [0, 0.1) is 5.82 Å². The normalized spacial score (nSPS) is 11.8. The molecular formula is C28H23ClFN7O3S. The fourth-order valence-corrected chi connectivity index (χ4v) is 5.48. The number of nitrogens with zero attached hydrogens (tertiary/aromatic N) is 5. The number of ketones is 1. The Labute approximate surface area is 242 Å². The van der Waals surface area contributed by atoms with Gasteiger partial charge in [0.05, 0.1) is 23.5 Å². The van der Waals surface area contributed by atoms with Crippen molar-refractivity contribution in [2.45, 2.75) is 32.9 Å². The molecule has 0 radical (unpaired) electrons.